The molecule has 4 aromatic rings. The van der Waals surface area contributed by atoms with Gasteiger partial charge in [-0.2, -0.15) is 0 Å². The van der Waals surface area contributed by atoms with E-state index in [9.17, 15) is 4.79 Å². The molecular formula is C25H18O2. The number of fused-ring (bicyclic) bond motifs is 4. The van der Waals surface area contributed by atoms with Gasteiger partial charge in [0.15, 0.2) is 0 Å². The zero-order valence-electron chi connectivity index (χ0n) is 14.8. The second-order valence-corrected chi connectivity index (χ2v) is 7.10. The van der Waals surface area contributed by atoms with Crippen LogP contribution in [0.5, 0.6) is 0 Å². The largest absolute Gasteiger partial charge is 0.481 e. The fourth-order valence-corrected chi connectivity index (χ4v) is 4.26. The molecule has 0 radical (unpaired) electrons. The number of carbonyl (C=O) groups is 1. The Labute approximate surface area is 157 Å². The van der Waals surface area contributed by atoms with Crippen LogP contribution in [0, 0.1) is 0 Å². The predicted molar refractivity (Wildman–Crippen MR) is 109 cm³/mol. The number of benzene rings is 4. The summed E-state index contributed by atoms with van der Waals surface area (Å²) in [6.45, 7) is 0. The SMILES string of the molecule is O=C(O)Cc1ccc2c(-c3cccc4c3Cc3ccccc3-4)cccc2c1. The molecule has 0 atom stereocenters. The van der Waals surface area contributed by atoms with Crippen LogP contribution in [0.4, 0.5) is 0 Å². The van der Waals surface area contributed by atoms with Crippen LogP contribution in [-0.2, 0) is 17.6 Å². The summed E-state index contributed by atoms with van der Waals surface area (Å²) in [7, 11) is 0. The summed E-state index contributed by atoms with van der Waals surface area (Å²) in [5, 5.41) is 11.3. The topological polar surface area (TPSA) is 37.3 Å². The molecule has 1 N–H and O–H groups in total. The third-order valence-electron chi connectivity index (χ3n) is 5.44. The Bertz CT molecular complexity index is 1200. The Balaban J connectivity index is 1.68. The lowest BCUT2D eigenvalue weighted by molar-refractivity contribution is -0.136. The molecule has 0 amide bonds. The van der Waals surface area contributed by atoms with Crippen molar-refractivity contribution in [3.63, 3.8) is 0 Å². The lowest BCUT2D eigenvalue weighted by atomic mass is 9.91. The van der Waals surface area contributed by atoms with E-state index in [1.54, 1.807) is 0 Å². The van der Waals surface area contributed by atoms with Gasteiger partial charge in [0.25, 0.3) is 0 Å². The molecule has 2 heteroatoms. The van der Waals surface area contributed by atoms with E-state index in [0.29, 0.717) is 0 Å². The first-order valence-electron chi connectivity index (χ1n) is 9.15. The minimum absolute atomic E-state index is 0.0518. The average Bonchev–Trinajstić information content (AvgIpc) is 3.06. The van der Waals surface area contributed by atoms with E-state index in [2.05, 4.69) is 66.7 Å². The summed E-state index contributed by atoms with van der Waals surface area (Å²) in [6.07, 6.45) is 1.01. The summed E-state index contributed by atoms with van der Waals surface area (Å²) in [5.41, 5.74) is 8.71. The molecule has 5 rings (SSSR count). The molecule has 0 saturated heterocycles. The Morgan fingerprint density at radius 3 is 2.33 bits per heavy atom. The number of carboxylic acid groups (broad SMARTS) is 1. The standard InChI is InChI=1S/C25H18O2/c26-25(27)14-16-11-12-20-17(13-16)6-3-8-21(20)23-10-4-9-22-19-7-2-1-5-18(19)15-24(22)23/h1-13H,14-15H2,(H,26,27). The van der Waals surface area contributed by atoms with Gasteiger partial charge in [0.2, 0.25) is 0 Å². The van der Waals surface area contributed by atoms with Crippen molar-refractivity contribution < 1.29 is 9.90 Å². The van der Waals surface area contributed by atoms with Crippen LogP contribution < -0.4 is 0 Å². The summed E-state index contributed by atoms with van der Waals surface area (Å²) in [6, 6.07) is 27.4. The second kappa shape index (κ2) is 6.10. The Kier molecular flexibility index (Phi) is 3.58. The van der Waals surface area contributed by atoms with Crippen molar-refractivity contribution in [2.24, 2.45) is 0 Å². The molecule has 4 aromatic carbocycles. The van der Waals surface area contributed by atoms with Crippen molar-refractivity contribution in [1.82, 2.24) is 0 Å². The maximum atomic E-state index is 11.0. The van der Waals surface area contributed by atoms with Crippen LogP contribution in [-0.4, -0.2) is 11.1 Å². The molecular weight excluding hydrogens is 332 g/mol. The van der Waals surface area contributed by atoms with Crippen LogP contribution in [0.3, 0.4) is 0 Å². The molecule has 0 spiro atoms. The molecule has 0 saturated carbocycles. The molecule has 1 aliphatic rings. The summed E-state index contributed by atoms with van der Waals surface area (Å²) in [4.78, 5) is 11.0. The molecule has 0 fully saturated rings. The van der Waals surface area contributed by atoms with Gasteiger partial charge >= 0.3 is 5.97 Å². The van der Waals surface area contributed by atoms with Crippen LogP contribution in [0.15, 0.2) is 78.9 Å². The van der Waals surface area contributed by atoms with Crippen molar-refractivity contribution >= 4 is 16.7 Å². The molecule has 0 aliphatic heterocycles. The van der Waals surface area contributed by atoms with E-state index >= 15 is 0 Å². The maximum absolute atomic E-state index is 11.0. The first-order chi connectivity index (χ1) is 13.2. The smallest absolute Gasteiger partial charge is 0.307 e. The summed E-state index contributed by atoms with van der Waals surface area (Å²) >= 11 is 0. The zero-order chi connectivity index (χ0) is 18.4. The lowest BCUT2D eigenvalue weighted by Gasteiger charge is -2.12. The second-order valence-electron chi connectivity index (χ2n) is 7.10. The van der Waals surface area contributed by atoms with Gasteiger partial charge < -0.3 is 5.11 Å². The fourth-order valence-electron chi connectivity index (χ4n) is 4.26. The first kappa shape index (κ1) is 15.8. The van der Waals surface area contributed by atoms with Crippen LogP contribution in [0.1, 0.15) is 16.7 Å². The van der Waals surface area contributed by atoms with Gasteiger partial charge in [-0.3, -0.25) is 4.79 Å². The van der Waals surface area contributed by atoms with Crippen LogP contribution >= 0.6 is 0 Å². The fraction of sp³-hybridized carbons (Fsp3) is 0.0800. The van der Waals surface area contributed by atoms with Gasteiger partial charge in [0, 0.05) is 0 Å². The third-order valence-corrected chi connectivity index (χ3v) is 5.44. The molecule has 0 heterocycles. The van der Waals surface area contributed by atoms with Crippen molar-refractivity contribution in [2.75, 3.05) is 0 Å². The average molecular weight is 350 g/mol. The van der Waals surface area contributed by atoms with E-state index < -0.39 is 5.97 Å². The van der Waals surface area contributed by atoms with Gasteiger partial charge in [-0.25, -0.2) is 0 Å². The van der Waals surface area contributed by atoms with Gasteiger partial charge in [-0.15, -0.1) is 0 Å². The normalized spacial score (nSPS) is 12.0. The highest BCUT2D eigenvalue weighted by Crippen LogP contribution is 2.42. The Morgan fingerprint density at radius 2 is 1.48 bits per heavy atom. The van der Waals surface area contributed by atoms with Crippen molar-refractivity contribution in [2.45, 2.75) is 12.8 Å². The van der Waals surface area contributed by atoms with E-state index in [-0.39, 0.29) is 6.42 Å². The van der Waals surface area contributed by atoms with Crippen molar-refractivity contribution in [3.05, 3.63) is 95.6 Å². The minimum atomic E-state index is -0.802. The number of rotatable bonds is 3. The van der Waals surface area contributed by atoms with E-state index in [4.69, 9.17) is 5.11 Å². The molecule has 27 heavy (non-hydrogen) atoms. The molecule has 1 aliphatic carbocycles. The molecule has 0 unspecified atom stereocenters. The molecule has 0 aromatic heterocycles. The first-order valence-corrected chi connectivity index (χ1v) is 9.15. The number of aliphatic carboxylic acids is 1. The van der Waals surface area contributed by atoms with Crippen LogP contribution in [0.25, 0.3) is 33.0 Å². The quantitative estimate of drug-likeness (QED) is 0.453. The van der Waals surface area contributed by atoms with Gasteiger partial charge in [0.1, 0.15) is 0 Å². The van der Waals surface area contributed by atoms with Gasteiger partial charge in [-0.1, -0.05) is 78.9 Å². The highest BCUT2D eigenvalue weighted by Gasteiger charge is 2.21. The predicted octanol–water partition coefficient (Wildman–Crippen LogP) is 5.71. The minimum Gasteiger partial charge on any atom is -0.481 e. The summed E-state index contributed by atoms with van der Waals surface area (Å²) in [5.74, 6) is -0.802. The molecule has 130 valence electrons. The number of carboxylic acids is 1. The Hall–Kier alpha value is -3.39. The van der Waals surface area contributed by atoms with E-state index in [0.717, 1.165) is 22.8 Å². The van der Waals surface area contributed by atoms with Crippen molar-refractivity contribution in [1.29, 1.82) is 0 Å². The van der Waals surface area contributed by atoms with Crippen molar-refractivity contribution in [3.8, 4) is 22.3 Å². The zero-order valence-corrected chi connectivity index (χ0v) is 14.8. The third kappa shape index (κ3) is 2.61. The number of hydrogen-bond acceptors (Lipinski definition) is 1. The Morgan fingerprint density at radius 1 is 0.778 bits per heavy atom. The lowest BCUT2D eigenvalue weighted by Crippen LogP contribution is -1.99. The molecule has 2 nitrogen and oxygen atoms in total. The van der Waals surface area contributed by atoms with E-state index in [1.165, 1.54) is 33.4 Å². The molecule has 0 bridgehead atoms. The highest BCUT2D eigenvalue weighted by molar-refractivity contribution is 5.99. The summed E-state index contributed by atoms with van der Waals surface area (Å²) < 4.78 is 0. The van der Waals surface area contributed by atoms with Crippen LogP contribution in [0.2, 0.25) is 0 Å². The monoisotopic (exact) mass is 350 g/mol. The maximum Gasteiger partial charge on any atom is 0.307 e. The van der Waals surface area contributed by atoms with E-state index in [1.807, 2.05) is 12.1 Å². The van der Waals surface area contributed by atoms with Gasteiger partial charge in [0.05, 0.1) is 6.42 Å². The number of hydrogen-bond donors (Lipinski definition) is 1. The highest BCUT2D eigenvalue weighted by atomic mass is 16.4. The van der Waals surface area contributed by atoms with Gasteiger partial charge in [-0.05, 0) is 56.1 Å².